The lowest BCUT2D eigenvalue weighted by Crippen LogP contribution is -2.35. The minimum atomic E-state index is -0.513. The third kappa shape index (κ3) is 3.02. The predicted molar refractivity (Wildman–Crippen MR) is 72.8 cm³/mol. The summed E-state index contributed by atoms with van der Waals surface area (Å²) in [5.74, 6) is -0.631. The fourth-order valence-corrected chi connectivity index (χ4v) is 2.21. The summed E-state index contributed by atoms with van der Waals surface area (Å²) in [4.78, 5) is 22.9. The molecule has 96 valence electrons. The maximum atomic E-state index is 11.9. The number of benzene rings is 1. The number of carbonyl (C=O) groups is 2. The van der Waals surface area contributed by atoms with E-state index in [0.717, 1.165) is 6.54 Å². The van der Waals surface area contributed by atoms with Gasteiger partial charge in [0.1, 0.15) is 0 Å². The van der Waals surface area contributed by atoms with E-state index in [1.807, 2.05) is 0 Å². The largest absolute Gasteiger partial charge is 0.366 e. The number of primary amides is 1. The molecule has 18 heavy (non-hydrogen) atoms. The molecule has 5 nitrogen and oxygen atoms in total. The normalized spacial score (nSPS) is 22.7. The molecular formula is C12H15N3O2S. The molecule has 1 saturated heterocycles. The highest BCUT2D eigenvalue weighted by molar-refractivity contribution is 7.81. The molecule has 0 radical (unpaired) electrons. The highest BCUT2D eigenvalue weighted by Crippen LogP contribution is 2.15. The Hall–Kier alpha value is -1.53. The number of amides is 2. The third-order valence-electron chi connectivity index (χ3n) is 2.84. The fraction of sp³-hybridized carbons (Fsp3) is 0.333. The van der Waals surface area contributed by atoms with Crippen LogP contribution in [-0.2, 0) is 4.79 Å². The zero-order valence-electron chi connectivity index (χ0n) is 9.72. The third-order valence-corrected chi connectivity index (χ3v) is 3.23. The van der Waals surface area contributed by atoms with Crippen LogP contribution in [0.4, 0.5) is 5.69 Å². The van der Waals surface area contributed by atoms with Crippen LogP contribution in [0, 0.1) is 0 Å². The van der Waals surface area contributed by atoms with E-state index >= 15 is 0 Å². The molecule has 2 amide bonds. The number of thiol groups is 1. The Labute approximate surface area is 111 Å². The molecule has 2 rings (SSSR count). The molecule has 0 aromatic heterocycles. The van der Waals surface area contributed by atoms with Crippen molar-refractivity contribution in [2.45, 2.75) is 17.7 Å². The van der Waals surface area contributed by atoms with E-state index in [-0.39, 0.29) is 17.2 Å². The molecule has 1 heterocycles. The van der Waals surface area contributed by atoms with Gasteiger partial charge in [-0.3, -0.25) is 9.59 Å². The van der Waals surface area contributed by atoms with Crippen LogP contribution in [0.15, 0.2) is 24.3 Å². The van der Waals surface area contributed by atoms with Crippen LogP contribution in [0.3, 0.4) is 0 Å². The van der Waals surface area contributed by atoms with Crippen LogP contribution in [0.1, 0.15) is 16.8 Å². The Morgan fingerprint density at radius 3 is 2.83 bits per heavy atom. The van der Waals surface area contributed by atoms with Crippen molar-refractivity contribution >= 4 is 30.1 Å². The molecule has 1 aromatic rings. The number of hydrogen-bond donors (Lipinski definition) is 4. The Balaban J connectivity index is 2.03. The van der Waals surface area contributed by atoms with E-state index in [9.17, 15) is 9.59 Å². The van der Waals surface area contributed by atoms with Gasteiger partial charge in [-0.15, -0.1) is 0 Å². The van der Waals surface area contributed by atoms with Gasteiger partial charge in [0.2, 0.25) is 11.8 Å². The first-order valence-electron chi connectivity index (χ1n) is 5.68. The van der Waals surface area contributed by atoms with Gasteiger partial charge in [-0.1, -0.05) is 6.07 Å². The van der Waals surface area contributed by atoms with Crippen LogP contribution < -0.4 is 16.4 Å². The maximum absolute atomic E-state index is 11.9. The molecule has 0 spiro atoms. The van der Waals surface area contributed by atoms with Gasteiger partial charge in [-0.2, -0.15) is 12.6 Å². The smallest absolute Gasteiger partial charge is 0.248 e. The summed E-state index contributed by atoms with van der Waals surface area (Å²) >= 11 is 4.31. The van der Waals surface area contributed by atoms with Crippen molar-refractivity contribution in [3.05, 3.63) is 29.8 Å². The maximum Gasteiger partial charge on any atom is 0.248 e. The van der Waals surface area contributed by atoms with Crippen LogP contribution >= 0.6 is 12.6 Å². The van der Waals surface area contributed by atoms with Crippen molar-refractivity contribution in [3.8, 4) is 0 Å². The Morgan fingerprint density at radius 1 is 1.44 bits per heavy atom. The SMILES string of the molecule is NC(=O)c1cccc(NC(=O)C2CC(S)CN2)c1. The van der Waals surface area contributed by atoms with Gasteiger partial charge in [0.25, 0.3) is 0 Å². The molecule has 1 aliphatic heterocycles. The minimum absolute atomic E-state index is 0.117. The van der Waals surface area contributed by atoms with Crippen molar-refractivity contribution < 1.29 is 9.59 Å². The number of nitrogens with one attached hydrogen (secondary N) is 2. The van der Waals surface area contributed by atoms with E-state index in [1.165, 1.54) is 0 Å². The zero-order chi connectivity index (χ0) is 13.1. The highest BCUT2D eigenvalue weighted by Gasteiger charge is 2.27. The van der Waals surface area contributed by atoms with Gasteiger partial charge in [0.15, 0.2) is 0 Å². The van der Waals surface area contributed by atoms with Gasteiger partial charge >= 0.3 is 0 Å². The quantitative estimate of drug-likeness (QED) is 0.596. The topological polar surface area (TPSA) is 84.2 Å². The molecule has 4 N–H and O–H groups in total. The van der Waals surface area contributed by atoms with Gasteiger partial charge in [-0.25, -0.2) is 0 Å². The monoisotopic (exact) mass is 265 g/mol. The van der Waals surface area contributed by atoms with E-state index in [2.05, 4.69) is 23.3 Å². The number of hydrogen-bond acceptors (Lipinski definition) is 4. The first-order chi connectivity index (χ1) is 8.56. The number of rotatable bonds is 3. The van der Waals surface area contributed by atoms with Gasteiger partial charge in [0.05, 0.1) is 6.04 Å². The second kappa shape index (κ2) is 5.41. The summed E-state index contributed by atoms with van der Waals surface area (Å²) in [5.41, 5.74) is 6.12. The molecule has 0 bridgehead atoms. The average Bonchev–Trinajstić information content (AvgIpc) is 2.76. The van der Waals surface area contributed by atoms with Gasteiger partial charge < -0.3 is 16.4 Å². The molecular weight excluding hydrogens is 250 g/mol. The Bertz CT molecular complexity index is 478. The lowest BCUT2D eigenvalue weighted by molar-refractivity contribution is -0.117. The number of nitrogens with two attached hydrogens (primary N) is 1. The van der Waals surface area contributed by atoms with E-state index in [4.69, 9.17) is 5.73 Å². The lowest BCUT2D eigenvalue weighted by Gasteiger charge is -2.11. The molecule has 2 unspecified atom stereocenters. The van der Waals surface area contributed by atoms with Gasteiger partial charge in [0, 0.05) is 23.0 Å². The number of carbonyl (C=O) groups excluding carboxylic acids is 2. The first kappa shape index (κ1) is 12.9. The average molecular weight is 265 g/mol. The van der Waals surface area contributed by atoms with E-state index < -0.39 is 5.91 Å². The lowest BCUT2D eigenvalue weighted by atomic mass is 10.1. The van der Waals surface area contributed by atoms with Crippen molar-refractivity contribution in [2.75, 3.05) is 11.9 Å². The van der Waals surface area contributed by atoms with Crippen LogP contribution in [0.5, 0.6) is 0 Å². The van der Waals surface area contributed by atoms with Crippen molar-refractivity contribution in [3.63, 3.8) is 0 Å². The summed E-state index contributed by atoms with van der Waals surface area (Å²) < 4.78 is 0. The summed E-state index contributed by atoms with van der Waals surface area (Å²) in [6.45, 7) is 0.725. The molecule has 0 saturated carbocycles. The second-order valence-electron chi connectivity index (χ2n) is 4.28. The fourth-order valence-electron chi connectivity index (χ4n) is 1.90. The molecule has 6 heteroatoms. The van der Waals surface area contributed by atoms with Crippen LogP contribution in [-0.4, -0.2) is 29.7 Å². The van der Waals surface area contributed by atoms with Gasteiger partial charge in [-0.05, 0) is 24.6 Å². The highest BCUT2D eigenvalue weighted by atomic mass is 32.1. The number of anilines is 1. The standard InChI is InChI=1S/C12H15N3O2S/c13-11(16)7-2-1-3-8(4-7)15-12(17)10-5-9(18)6-14-10/h1-4,9-10,14,18H,5-6H2,(H2,13,16)(H,15,17). The minimum Gasteiger partial charge on any atom is -0.366 e. The summed E-state index contributed by atoms with van der Waals surface area (Å²) in [6, 6.07) is 6.34. The zero-order valence-corrected chi connectivity index (χ0v) is 10.6. The van der Waals surface area contributed by atoms with Crippen molar-refractivity contribution in [2.24, 2.45) is 5.73 Å². The van der Waals surface area contributed by atoms with E-state index in [1.54, 1.807) is 24.3 Å². The molecule has 1 fully saturated rings. The molecule has 2 atom stereocenters. The van der Waals surface area contributed by atoms with E-state index in [0.29, 0.717) is 17.7 Å². The molecule has 0 aliphatic carbocycles. The molecule has 1 aliphatic rings. The van der Waals surface area contributed by atoms with Crippen LogP contribution in [0.2, 0.25) is 0 Å². The van der Waals surface area contributed by atoms with Crippen molar-refractivity contribution in [1.29, 1.82) is 0 Å². The summed E-state index contributed by atoms with van der Waals surface area (Å²) in [7, 11) is 0. The van der Waals surface area contributed by atoms with Crippen LogP contribution in [0.25, 0.3) is 0 Å². The summed E-state index contributed by atoms with van der Waals surface area (Å²) in [6.07, 6.45) is 0.699. The summed E-state index contributed by atoms with van der Waals surface area (Å²) in [5, 5.41) is 6.05. The predicted octanol–water partition coefficient (Wildman–Crippen LogP) is 0.384. The van der Waals surface area contributed by atoms with Crippen molar-refractivity contribution in [1.82, 2.24) is 5.32 Å². The Morgan fingerprint density at radius 2 is 2.22 bits per heavy atom. The first-order valence-corrected chi connectivity index (χ1v) is 6.20. The second-order valence-corrected chi connectivity index (χ2v) is 5.01. The Kier molecular flexibility index (Phi) is 3.88. The molecule has 1 aromatic carbocycles.